The molecule has 0 aromatic rings. The van der Waals surface area contributed by atoms with Crippen molar-refractivity contribution in [2.75, 3.05) is 6.54 Å². The lowest BCUT2D eigenvalue weighted by molar-refractivity contribution is -0.742. The van der Waals surface area contributed by atoms with Crippen molar-refractivity contribution >= 4 is 0 Å². The van der Waals surface area contributed by atoms with Gasteiger partial charge in [-0.1, -0.05) is 110 Å². The van der Waals surface area contributed by atoms with Crippen LogP contribution in [0.2, 0.25) is 0 Å². The third kappa shape index (κ3) is 29.9. The first-order valence-electron chi connectivity index (χ1n) is 11.7. The van der Waals surface area contributed by atoms with Crippen molar-refractivity contribution in [3.05, 3.63) is 10.1 Å². The largest absolute Gasteiger partial charge is 0.376 e. The molecule has 6 heteroatoms. The van der Waals surface area contributed by atoms with Crippen LogP contribution in [-0.2, 0) is 0 Å². The predicted molar refractivity (Wildman–Crippen MR) is 117 cm³/mol. The molecule has 1 unspecified atom stereocenters. The van der Waals surface area contributed by atoms with Gasteiger partial charge >= 0.3 is 0 Å². The molecule has 0 bridgehead atoms. The highest BCUT2D eigenvalue weighted by Gasteiger charge is 2.14. The van der Waals surface area contributed by atoms with Gasteiger partial charge in [-0.2, -0.15) is 0 Å². The molecule has 0 amide bonds. The number of hydrogen-bond acceptors (Lipinski definition) is 4. The van der Waals surface area contributed by atoms with Crippen LogP contribution >= 0.6 is 0 Å². The minimum atomic E-state index is -1.50. The second-order valence-corrected chi connectivity index (χ2v) is 8.10. The number of unbranched alkanes of at least 4 members (excludes halogenated alkanes) is 15. The number of aliphatic hydroxyl groups is 1. The van der Waals surface area contributed by atoms with Crippen molar-refractivity contribution in [1.82, 2.24) is 5.32 Å². The smallest absolute Gasteiger partial charge is 0.291 e. The van der Waals surface area contributed by atoms with Crippen molar-refractivity contribution in [1.29, 1.82) is 0 Å². The van der Waals surface area contributed by atoms with Crippen molar-refractivity contribution in [2.24, 2.45) is 0 Å². The first-order valence-corrected chi connectivity index (χ1v) is 11.7. The molecular formula is C22H48N2O4. The van der Waals surface area contributed by atoms with Crippen LogP contribution in [0.4, 0.5) is 0 Å². The van der Waals surface area contributed by atoms with Gasteiger partial charge in [-0.25, -0.2) is 0 Å². The third-order valence-corrected chi connectivity index (χ3v) is 5.22. The summed E-state index contributed by atoms with van der Waals surface area (Å²) in [5.41, 5.74) is -0.671. The number of rotatable bonds is 19. The van der Waals surface area contributed by atoms with E-state index >= 15 is 0 Å². The molecule has 6 nitrogen and oxygen atoms in total. The molecule has 1 atom stereocenters. The molecule has 0 aliphatic heterocycles. The summed E-state index contributed by atoms with van der Waals surface area (Å²) in [6, 6.07) is 0. The highest BCUT2D eigenvalue weighted by molar-refractivity contribution is 4.66. The molecule has 0 aromatic carbocycles. The molecule has 0 radical (unpaired) electrons. The SMILES string of the molecule is CCCCCCCCCCCCCCCCCCNC(C)(O)CC.O=[N+]([O-])O. The summed E-state index contributed by atoms with van der Waals surface area (Å²) in [5, 5.41) is 26.7. The Morgan fingerprint density at radius 2 is 1.04 bits per heavy atom. The van der Waals surface area contributed by atoms with Gasteiger partial charge in [0.1, 0.15) is 5.72 Å². The zero-order valence-corrected chi connectivity index (χ0v) is 18.9. The number of nitrogens with one attached hydrogen (secondary N) is 1. The van der Waals surface area contributed by atoms with Gasteiger partial charge in [0.2, 0.25) is 0 Å². The van der Waals surface area contributed by atoms with Crippen LogP contribution in [-0.4, -0.2) is 27.7 Å². The van der Waals surface area contributed by atoms with Crippen molar-refractivity contribution in [2.45, 2.75) is 136 Å². The highest BCUT2D eigenvalue weighted by Crippen LogP contribution is 2.13. The molecule has 0 aliphatic carbocycles. The monoisotopic (exact) mass is 404 g/mol. The fourth-order valence-corrected chi connectivity index (χ4v) is 3.16. The van der Waals surface area contributed by atoms with E-state index in [1.165, 1.54) is 103 Å². The molecule has 0 aromatic heterocycles. The molecule has 170 valence electrons. The molecule has 0 saturated carbocycles. The summed E-state index contributed by atoms with van der Waals surface area (Å²) in [5.74, 6) is 0. The Hall–Kier alpha value is -0.880. The summed E-state index contributed by atoms with van der Waals surface area (Å²) in [4.78, 5) is 8.36. The Kier molecular flexibility index (Phi) is 23.5. The van der Waals surface area contributed by atoms with Gasteiger partial charge in [0, 0.05) is 0 Å². The van der Waals surface area contributed by atoms with E-state index in [1.807, 2.05) is 13.8 Å². The fourth-order valence-electron chi connectivity index (χ4n) is 3.16. The lowest BCUT2D eigenvalue weighted by atomic mass is 10.0. The molecule has 0 spiro atoms. The summed E-state index contributed by atoms with van der Waals surface area (Å²) < 4.78 is 0. The van der Waals surface area contributed by atoms with Crippen LogP contribution in [0.25, 0.3) is 0 Å². The summed E-state index contributed by atoms with van der Waals surface area (Å²) in [6.45, 7) is 7.11. The van der Waals surface area contributed by atoms with Gasteiger partial charge in [-0.15, -0.1) is 10.1 Å². The molecule has 0 saturated heterocycles. The van der Waals surface area contributed by atoms with E-state index in [4.69, 9.17) is 15.3 Å². The maximum absolute atomic E-state index is 9.84. The molecule has 0 rings (SSSR count). The van der Waals surface area contributed by atoms with E-state index in [9.17, 15) is 5.11 Å². The van der Waals surface area contributed by atoms with Gasteiger partial charge in [0.15, 0.2) is 0 Å². The summed E-state index contributed by atoms with van der Waals surface area (Å²) in [7, 11) is 0. The van der Waals surface area contributed by atoms with Gasteiger partial charge in [-0.3, -0.25) is 5.32 Å². The van der Waals surface area contributed by atoms with Gasteiger partial charge < -0.3 is 10.3 Å². The molecule has 3 N–H and O–H groups in total. The minimum Gasteiger partial charge on any atom is -0.376 e. The molecule has 0 heterocycles. The van der Waals surface area contributed by atoms with E-state index in [-0.39, 0.29) is 0 Å². The Bertz CT molecular complexity index is 322. The Morgan fingerprint density at radius 3 is 1.32 bits per heavy atom. The van der Waals surface area contributed by atoms with E-state index in [1.54, 1.807) is 0 Å². The zero-order valence-electron chi connectivity index (χ0n) is 18.9. The first kappa shape index (κ1) is 29.3. The van der Waals surface area contributed by atoms with Crippen LogP contribution in [0.1, 0.15) is 130 Å². The van der Waals surface area contributed by atoms with Crippen molar-refractivity contribution in [3.8, 4) is 0 Å². The Morgan fingerprint density at radius 1 is 0.750 bits per heavy atom. The number of hydrogen-bond donors (Lipinski definition) is 3. The van der Waals surface area contributed by atoms with Crippen LogP contribution in [0, 0.1) is 10.1 Å². The average Bonchev–Trinajstić information content (AvgIpc) is 2.64. The van der Waals surface area contributed by atoms with Crippen LogP contribution in [0.5, 0.6) is 0 Å². The van der Waals surface area contributed by atoms with E-state index in [0.29, 0.717) is 0 Å². The summed E-state index contributed by atoms with van der Waals surface area (Å²) in [6.07, 6.45) is 23.3. The fraction of sp³-hybridized carbons (Fsp3) is 1.00. The van der Waals surface area contributed by atoms with Crippen LogP contribution < -0.4 is 5.32 Å². The molecule has 28 heavy (non-hydrogen) atoms. The minimum absolute atomic E-state index is 0.671. The molecule has 0 fully saturated rings. The maximum atomic E-state index is 9.84. The van der Waals surface area contributed by atoms with E-state index in [0.717, 1.165) is 13.0 Å². The third-order valence-electron chi connectivity index (χ3n) is 5.22. The lowest BCUT2D eigenvalue weighted by Gasteiger charge is -2.22. The lowest BCUT2D eigenvalue weighted by Crippen LogP contribution is -2.41. The van der Waals surface area contributed by atoms with E-state index in [2.05, 4.69) is 12.2 Å². The van der Waals surface area contributed by atoms with Crippen molar-refractivity contribution in [3.63, 3.8) is 0 Å². The van der Waals surface area contributed by atoms with Gasteiger partial charge in [0.05, 0.1) is 0 Å². The van der Waals surface area contributed by atoms with Gasteiger partial charge in [0.25, 0.3) is 5.09 Å². The Labute approximate surface area is 173 Å². The normalized spacial score (nSPS) is 12.9. The predicted octanol–water partition coefficient (Wildman–Crippen LogP) is 6.61. The van der Waals surface area contributed by atoms with Crippen LogP contribution in [0.15, 0.2) is 0 Å². The van der Waals surface area contributed by atoms with Gasteiger partial charge in [-0.05, 0) is 26.3 Å². The first-order chi connectivity index (χ1) is 13.4. The quantitative estimate of drug-likeness (QED) is 0.0974. The van der Waals surface area contributed by atoms with E-state index < -0.39 is 10.8 Å². The maximum Gasteiger partial charge on any atom is 0.291 e. The zero-order chi connectivity index (χ0) is 21.5. The standard InChI is InChI=1S/C22H47NO.HNO3/c1-4-6-7-8-9-10-11-12-13-14-15-16-17-18-19-20-21-23-22(3,24)5-2;2-1(3)4/h23-24H,4-21H2,1-3H3;(H,2,3,4). The summed E-state index contributed by atoms with van der Waals surface area (Å²) >= 11 is 0. The average molecular weight is 405 g/mol. The molecule has 0 aliphatic rings. The topological polar surface area (TPSA) is 95.6 Å². The van der Waals surface area contributed by atoms with Crippen LogP contribution in [0.3, 0.4) is 0 Å². The number of nitrogens with zero attached hydrogens (tertiary/aromatic N) is 1. The van der Waals surface area contributed by atoms with Crippen molar-refractivity contribution < 1.29 is 15.4 Å². The second-order valence-electron chi connectivity index (χ2n) is 8.10. The second kappa shape index (κ2) is 22.4. The Balaban J connectivity index is 0. The highest BCUT2D eigenvalue weighted by atomic mass is 16.9. The molecular weight excluding hydrogens is 356 g/mol.